The molecule has 0 bridgehead atoms. The van der Waals surface area contributed by atoms with Crippen molar-refractivity contribution in [3.63, 3.8) is 0 Å². The minimum Gasteiger partial charge on any atom is -0.487 e. The molecule has 1 radical (unpaired) electrons. The molecule has 1 rings (SSSR count). The maximum atomic E-state index is 12.5. The summed E-state index contributed by atoms with van der Waals surface area (Å²) in [7, 11) is 0. The first-order chi connectivity index (χ1) is 7.61. The van der Waals surface area contributed by atoms with Crippen LogP contribution in [0, 0.1) is 17.0 Å². The molecule has 0 aliphatic rings. The molecule has 1 unspecified atom stereocenters. The number of hydrogen-bond acceptors (Lipinski definition) is 3. The number of rotatable bonds is 5. The number of para-hydroxylation sites is 1. The molecule has 1 aromatic rings. The molecule has 1 atom stereocenters. The van der Waals surface area contributed by atoms with Gasteiger partial charge in [0.2, 0.25) is 5.75 Å². The van der Waals surface area contributed by atoms with Crippen LogP contribution in [0.4, 0.5) is 10.1 Å². The molecule has 0 aliphatic heterocycles. The topological polar surface area (TPSA) is 52.4 Å². The third kappa shape index (κ3) is 2.48. The van der Waals surface area contributed by atoms with Gasteiger partial charge in [0.05, 0.1) is 18.2 Å². The molecule has 0 fully saturated rings. The molecule has 5 heteroatoms. The summed E-state index contributed by atoms with van der Waals surface area (Å²) in [5.41, 5.74) is 0.278. The molecule has 1 aromatic carbocycles. The third-order valence-corrected chi connectivity index (χ3v) is 2.14. The van der Waals surface area contributed by atoms with Crippen LogP contribution in [0.5, 0.6) is 5.75 Å². The van der Waals surface area contributed by atoms with E-state index < -0.39 is 17.5 Å². The zero-order valence-corrected chi connectivity index (χ0v) is 8.98. The molecular formula is C11H13FNO3. The second-order valence-electron chi connectivity index (χ2n) is 3.24. The highest BCUT2D eigenvalue weighted by molar-refractivity contribution is 5.53. The monoisotopic (exact) mass is 226 g/mol. The van der Waals surface area contributed by atoms with Crippen LogP contribution in [0.1, 0.15) is 18.4 Å². The highest BCUT2D eigenvalue weighted by atomic mass is 19.1. The first-order valence-corrected chi connectivity index (χ1v) is 4.91. The minimum atomic E-state index is -0.679. The molecule has 0 amide bonds. The highest BCUT2D eigenvalue weighted by Gasteiger charge is 2.21. The average Bonchev–Trinajstić information content (AvgIpc) is 2.28. The molecule has 0 N–H and O–H groups in total. The van der Waals surface area contributed by atoms with Crippen LogP contribution in [0.15, 0.2) is 18.2 Å². The van der Waals surface area contributed by atoms with Gasteiger partial charge in [0.15, 0.2) is 0 Å². The Bertz CT molecular complexity index is 381. The molecule has 4 nitrogen and oxygen atoms in total. The van der Waals surface area contributed by atoms with Crippen molar-refractivity contribution in [2.24, 2.45) is 0 Å². The van der Waals surface area contributed by atoms with Gasteiger partial charge in [-0.25, -0.2) is 0 Å². The summed E-state index contributed by atoms with van der Waals surface area (Å²) in [6.45, 7) is 4.92. The van der Waals surface area contributed by atoms with Crippen LogP contribution >= 0.6 is 0 Å². The average molecular weight is 226 g/mol. The van der Waals surface area contributed by atoms with Crippen LogP contribution in [0.3, 0.4) is 0 Å². The van der Waals surface area contributed by atoms with E-state index in [1.165, 1.54) is 12.1 Å². The third-order valence-electron chi connectivity index (χ3n) is 2.14. The Hall–Kier alpha value is -1.65. The van der Waals surface area contributed by atoms with Gasteiger partial charge in [0, 0.05) is 17.5 Å². The predicted octanol–water partition coefficient (Wildman–Crippen LogP) is 2.88. The molecule has 0 spiro atoms. The number of halogens is 1. The van der Waals surface area contributed by atoms with Gasteiger partial charge >= 0.3 is 5.69 Å². The normalized spacial score (nSPS) is 12.2. The van der Waals surface area contributed by atoms with E-state index in [9.17, 15) is 14.5 Å². The highest BCUT2D eigenvalue weighted by Crippen LogP contribution is 2.35. The number of alkyl halides is 1. The number of ether oxygens (including phenoxy) is 1. The van der Waals surface area contributed by atoms with E-state index in [1.807, 2.05) is 0 Å². The van der Waals surface area contributed by atoms with Gasteiger partial charge < -0.3 is 4.74 Å². The second kappa shape index (κ2) is 5.44. The van der Waals surface area contributed by atoms with Gasteiger partial charge in [0.1, 0.15) is 0 Å². The number of nitrogens with zero attached hydrogens (tertiary/aromatic N) is 1. The van der Waals surface area contributed by atoms with Crippen molar-refractivity contribution in [2.75, 3.05) is 13.3 Å². The zero-order chi connectivity index (χ0) is 12.1. The summed E-state index contributed by atoms with van der Waals surface area (Å²) in [6, 6.07) is 4.43. The Morgan fingerprint density at radius 1 is 1.62 bits per heavy atom. The van der Waals surface area contributed by atoms with Crippen molar-refractivity contribution in [3.05, 3.63) is 40.8 Å². The maximum Gasteiger partial charge on any atom is 0.311 e. The van der Waals surface area contributed by atoms with Crippen LogP contribution < -0.4 is 4.74 Å². The zero-order valence-electron chi connectivity index (χ0n) is 8.98. The summed E-state index contributed by atoms with van der Waals surface area (Å²) in [4.78, 5) is 10.2. The lowest BCUT2D eigenvalue weighted by Crippen LogP contribution is -2.04. The van der Waals surface area contributed by atoms with Crippen LogP contribution in [0.2, 0.25) is 0 Å². The summed E-state index contributed by atoms with van der Waals surface area (Å²) >= 11 is 0. The number of hydrogen-bond donors (Lipinski definition) is 0. The van der Waals surface area contributed by atoms with Crippen LogP contribution in [-0.2, 0) is 0 Å². The Labute approximate surface area is 93.2 Å². The Kier molecular flexibility index (Phi) is 4.22. The van der Waals surface area contributed by atoms with Gasteiger partial charge in [-0.3, -0.25) is 14.5 Å². The lowest BCUT2D eigenvalue weighted by atomic mass is 10.0. The van der Waals surface area contributed by atoms with Crippen LogP contribution in [0.25, 0.3) is 0 Å². The van der Waals surface area contributed by atoms with Crippen molar-refractivity contribution < 1.29 is 14.1 Å². The quantitative estimate of drug-likeness (QED) is 0.573. The number of nitro groups is 1. The molecule has 0 aromatic heterocycles. The Morgan fingerprint density at radius 2 is 2.31 bits per heavy atom. The molecular weight excluding hydrogens is 213 g/mol. The smallest absolute Gasteiger partial charge is 0.311 e. The summed E-state index contributed by atoms with van der Waals surface area (Å²) in [6.07, 6.45) is 0. The predicted molar refractivity (Wildman–Crippen MR) is 58.3 cm³/mol. The molecule has 0 saturated heterocycles. The van der Waals surface area contributed by atoms with E-state index in [0.29, 0.717) is 5.56 Å². The fourth-order valence-electron chi connectivity index (χ4n) is 1.39. The lowest BCUT2D eigenvalue weighted by Gasteiger charge is -2.13. The van der Waals surface area contributed by atoms with Crippen molar-refractivity contribution in [1.29, 1.82) is 0 Å². The number of benzene rings is 1. The van der Waals surface area contributed by atoms with E-state index in [1.54, 1.807) is 13.0 Å². The van der Waals surface area contributed by atoms with E-state index in [4.69, 9.17) is 4.74 Å². The molecule has 0 heterocycles. The summed E-state index contributed by atoms with van der Waals surface area (Å²) in [5.74, 6) is -0.533. The van der Waals surface area contributed by atoms with Gasteiger partial charge in [-0.1, -0.05) is 12.1 Å². The minimum absolute atomic E-state index is 0.118. The van der Waals surface area contributed by atoms with Gasteiger partial charge in [0.25, 0.3) is 0 Å². The maximum absolute atomic E-state index is 12.5. The van der Waals surface area contributed by atoms with Crippen molar-refractivity contribution in [1.82, 2.24) is 0 Å². The summed E-state index contributed by atoms with van der Waals surface area (Å²) < 4.78 is 17.7. The van der Waals surface area contributed by atoms with Gasteiger partial charge in [-0.2, -0.15) is 0 Å². The fraction of sp³-hybridized carbons (Fsp3) is 0.364. The van der Waals surface area contributed by atoms with E-state index >= 15 is 0 Å². The van der Waals surface area contributed by atoms with Crippen molar-refractivity contribution in [2.45, 2.75) is 12.8 Å². The van der Waals surface area contributed by atoms with Crippen LogP contribution in [-0.4, -0.2) is 18.2 Å². The van der Waals surface area contributed by atoms with E-state index in [0.717, 1.165) is 0 Å². The molecule has 0 aliphatic carbocycles. The largest absolute Gasteiger partial charge is 0.487 e. The Morgan fingerprint density at radius 3 is 2.81 bits per heavy atom. The fourth-order valence-corrected chi connectivity index (χ4v) is 1.39. The second-order valence-corrected chi connectivity index (χ2v) is 3.24. The molecule has 87 valence electrons. The van der Waals surface area contributed by atoms with Gasteiger partial charge in [-0.05, 0) is 13.8 Å². The SMILES string of the molecule is [CH2]C(CF)c1cccc([N+](=O)[O-])c1OCC. The lowest BCUT2D eigenvalue weighted by molar-refractivity contribution is -0.385. The standard InChI is InChI=1S/C11H13FNO3/c1-3-16-11-9(8(2)7-12)5-4-6-10(11)13(14)15/h4-6,8H,2-3,7H2,1H3. The summed E-state index contributed by atoms with van der Waals surface area (Å²) in [5, 5.41) is 10.8. The van der Waals surface area contributed by atoms with Crippen molar-refractivity contribution >= 4 is 5.69 Å². The molecule has 0 saturated carbocycles. The molecule has 16 heavy (non-hydrogen) atoms. The van der Waals surface area contributed by atoms with E-state index in [2.05, 4.69) is 6.92 Å². The van der Waals surface area contributed by atoms with Gasteiger partial charge in [-0.15, -0.1) is 0 Å². The Balaban J connectivity index is 3.26. The first-order valence-electron chi connectivity index (χ1n) is 4.91. The van der Waals surface area contributed by atoms with E-state index in [-0.39, 0.29) is 18.0 Å². The number of nitro benzene ring substituents is 1. The first kappa shape index (κ1) is 12.4. The van der Waals surface area contributed by atoms with Crippen molar-refractivity contribution in [3.8, 4) is 5.75 Å².